The summed E-state index contributed by atoms with van der Waals surface area (Å²) in [5.41, 5.74) is 1.00. The molecule has 0 heterocycles. The largest absolute Gasteiger partial charge is 0.352 e. The summed E-state index contributed by atoms with van der Waals surface area (Å²) in [6, 6.07) is 5.02. The highest BCUT2D eigenvalue weighted by Crippen LogP contribution is 2.24. The molecule has 0 saturated heterocycles. The standard InChI is InChI=1S/C14H20F2O2S/c1-3-17-14(18-4-2)10-19-13-6-11(8-15)5-12(7-13)9-16/h5-7,14H,3-4,8-10H2,1-2H3. The van der Waals surface area contributed by atoms with Crippen LogP contribution in [0.5, 0.6) is 0 Å². The molecule has 0 saturated carbocycles. The van der Waals surface area contributed by atoms with E-state index in [4.69, 9.17) is 9.47 Å². The first-order valence-corrected chi connectivity index (χ1v) is 7.32. The van der Waals surface area contributed by atoms with Gasteiger partial charge in [0.25, 0.3) is 0 Å². The molecule has 1 aromatic carbocycles. The summed E-state index contributed by atoms with van der Waals surface area (Å²) in [4.78, 5) is 0.840. The summed E-state index contributed by atoms with van der Waals surface area (Å²) in [5, 5.41) is 0. The van der Waals surface area contributed by atoms with Crippen LogP contribution in [-0.4, -0.2) is 25.3 Å². The first-order chi connectivity index (χ1) is 9.23. The molecule has 1 rings (SSSR count). The Morgan fingerprint density at radius 2 is 1.53 bits per heavy atom. The lowest BCUT2D eigenvalue weighted by Crippen LogP contribution is -2.19. The maximum absolute atomic E-state index is 12.7. The molecule has 5 heteroatoms. The molecule has 0 amide bonds. The molecule has 0 aliphatic rings. The molecule has 0 aromatic heterocycles. The average Bonchev–Trinajstić information content (AvgIpc) is 2.44. The van der Waals surface area contributed by atoms with Crippen LogP contribution in [0.2, 0.25) is 0 Å². The van der Waals surface area contributed by atoms with Crippen LogP contribution < -0.4 is 0 Å². The second-order valence-corrected chi connectivity index (χ2v) is 5.00. The Kier molecular flexibility index (Phi) is 8.02. The number of halogens is 2. The van der Waals surface area contributed by atoms with Gasteiger partial charge in [-0.05, 0) is 37.1 Å². The van der Waals surface area contributed by atoms with E-state index in [9.17, 15) is 8.78 Å². The van der Waals surface area contributed by atoms with Crippen molar-refractivity contribution in [3.63, 3.8) is 0 Å². The topological polar surface area (TPSA) is 18.5 Å². The van der Waals surface area contributed by atoms with Gasteiger partial charge in [0, 0.05) is 23.9 Å². The molecule has 19 heavy (non-hydrogen) atoms. The van der Waals surface area contributed by atoms with E-state index in [-0.39, 0.29) is 6.29 Å². The van der Waals surface area contributed by atoms with Gasteiger partial charge < -0.3 is 9.47 Å². The third-order valence-corrected chi connectivity index (χ3v) is 3.43. The van der Waals surface area contributed by atoms with Gasteiger partial charge in [-0.25, -0.2) is 8.78 Å². The fourth-order valence-electron chi connectivity index (χ4n) is 1.65. The molecule has 0 unspecified atom stereocenters. The summed E-state index contributed by atoms with van der Waals surface area (Å²) in [7, 11) is 0. The van der Waals surface area contributed by atoms with Gasteiger partial charge in [-0.1, -0.05) is 6.07 Å². The summed E-state index contributed by atoms with van der Waals surface area (Å²) < 4.78 is 36.2. The molecular formula is C14H20F2O2S. The lowest BCUT2D eigenvalue weighted by Gasteiger charge is -2.16. The van der Waals surface area contributed by atoms with E-state index < -0.39 is 13.3 Å². The number of benzene rings is 1. The van der Waals surface area contributed by atoms with E-state index >= 15 is 0 Å². The zero-order chi connectivity index (χ0) is 14.1. The van der Waals surface area contributed by atoms with E-state index in [1.807, 2.05) is 13.8 Å². The van der Waals surface area contributed by atoms with Crippen LogP contribution in [0.1, 0.15) is 25.0 Å². The minimum atomic E-state index is -0.582. The predicted octanol–water partition coefficient (Wildman–Crippen LogP) is 4.12. The molecule has 0 atom stereocenters. The summed E-state index contributed by atoms with van der Waals surface area (Å²) in [5.74, 6) is 0.600. The minimum Gasteiger partial charge on any atom is -0.352 e. The normalized spacial score (nSPS) is 11.2. The van der Waals surface area contributed by atoms with Crippen molar-refractivity contribution < 1.29 is 18.3 Å². The number of alkyl halides is 2. The first-order valence-electron chi connectivity index (χ1n) is 6.34. The quantitative estimate of drug-likeness (QED) is 0.503. The third-order valence-electron chi connectivity index (χ3n) is 2.43. The van der Waals surface area contributed by atoms with Gasteiger partial charge in [0.1, 0.15) is 13.3 Å². The number of rotatable bonds is 9. The fraction of sp³-hybridized carbons (Fsp3) is 0.571. The van der Waals surface area contributed by atoms with Crippen LogP contribution in [0.15, 0.2) is 23.1 Å². The Bertz CT molecular complexity index is 346. The van der Waals surface area contributed by atoms with Crippen LogP contribution in [0.25, 0.3) is 0 Å². The van der Waals surface area contributed by atoms with Crippen molar-refractivity contribution in [2.75, 3.05) is 19.0 Å². The molecule has 0 fully saturated rings. The van der Waals surface area contributed by atoms with Crippen molar-refractivity contribution in [1.29, 1.82) is 0 Å². The summed E-state index contributed by atoms with van der Waals surface area (Å²) in [6.45, 7) is 3.80. The number of thioether (sulfide) groups is 1. The summed E-state index contributed by atoms with van der Waals surface area (Å²) >= 11 is 1.48. The SMILES string of the molecule is CCOC(CSc1cc(CF)cc(CF)c1)OCC. The number of hydrogen-bond donors (Lipinski definition) is 0. The van der Waals surface area contributed by atoms with E-state index in [0.717, 1.165) is 4.90 Å². The van der Waals surface area contributed by atoms with Gasteiger partial charge in [0.2, 0.25) is 0 Å². The highest BCUT2D eigenvalue weighted by atomic mass is 32.2. The molecular weight excluding hydrogens is 270 g/mol. The molecule has 0 aliphatic heterocycles. The van der Waals surface area contributed by atoms with E-state index in [0.29, 0.717) is 30.1 Å². The van der Waals surface area contributed by atoms with E-state index in [1.165, 1.54) is 11.8 Å². The highest BCUT2D eigenvalue weighted by molar-refractivity contribution is 7.99. The number of hydrogen-bond acceptors (Lipinski definition) is 3. The molecule has 0 N–H and O–H groups in total. The molecule has 0 spiro atoms. The van der Waals surface area contributed by atoms with Gasteiger partial charge in [-0.2, -0.15) is 0 Å². The van der Waals surface area contributed by atoms with Crippen LogP contribution in [0.4, 0.5) is 8.78 Å². The van der Waals surface area contributed by atoms with Crippen molar-refractivity contribution >= 4 is 11.8 Å². The predicted molar refractivity (Wildman–Crippen MR) is 73.8 cm³/mol. The zero-order valence-electron chi connectivity index (χ0n) is 11.3. The van der Waals surface area contributed by atoms with Gasteiger partial charge in [0.15, 0.2) is 6.29 Å². The van der Waals surface area contributed by atoms with E-state index in [1.54, 1.807) is 18.2 Å². The van der Waals surface area contributed by atoms with Crippen LogP contribution >= 0.6 is 11.8 Å². The highest BCUT2D eigenvalue weighted by Gasteiger charge is 2.09. The zero-order valence-corrected chi connectivity index (χ0v) is 12.1. The Balaban J connectivity index is 2.64. The maximum Gasteiger partial charge on any atom is 0.166 e. The monoisotopic (exact) mass is 290 g/mol. The van der Waals surface area contributed by atoms with Crippen molar-refractivity contribution in [2.24, 2.45) is 0 Å². The lowest BCUT2D eigenvalue weighted by molar-refractivity contribution is -0.120. The minimum absolute atomic E-state index is 0.289. The van der Waals surface area contributed by atoms with Gasteiger partial charge in [-0.15, -0.1) is 11.8 Å². The lowest BCUT2D eigenvalue weighted by atomic mass is 10.1. The van der Waals surface area contributed by atoms with Crippen molar-refractivity contribution in [3.05, 3.63) is 29.3 Å². The van der Waals surface area contributed by atoms with Crippen molar-refractivity contribution in [2.45, 2.75) is 38.4 Å². The van der Waals surface area contributed by atoms with Gasteiger partial charge in [0.05, 0.1) is 0 Å². The van der Waals surface area contributed by atoms with Crippen LogP contribution in [-0.2, 0) is 22.8 Å². The van der Waals surface area contributed by atoms with Crippen LogP contribution in [0.3, 0.4) is 0 Å². The van der Waals surface area contributed by atoms with Crippen molar-refractivity contribution in [3.8, 4) is 0 Å². The molecule has 0 radical (unpaired) electrons. The first kappa shape index (κ1) is 16.4. The second kappa shape index (κ2) is 9.28. The van der Waals surface area contributed by atoms with Gasteiger partial charge in [-0.3, -0.25) is 0 Å². The van der Waals surface area contributed by atoms with Crippen molar-refractivity contribution in [1.82, 2.24) is 0 Å². The van der Waals surface area contributed by atoms with E-state index in [2.05, 4.69) is 0 Å². The molecule has 0 bridgehead atoms. The average molecular weight is 290 g/mol. The second-order valence-electron chi connectivity index (χ2n) is 3.90. The molecule has 108 valence electrons. The Labute approximate surface area is 117 Å². The molecule has 0 aliphatic carbocycles. The fourth-order valence-corrected chi connectivity index (χ4v) is 2.64. The molecule has 1 aromatic rings. The Hall–Kier alpha value is -0.650. The molecule has 2 nitrogen and oxygen atoms in total. The third kappa shape index (κ3) is 5.89. The Morgan fingerprint density at radius 3 is 1.95 bits per heavy atom. The van der Waals surface area contributed by atoms with Crippen LogP contribution in [0, 0.1) is 0 Å². The Morgan fingerprint density at radius 1 is 1.00 bits per heavy atom. The smallest absolute Gasteiger partial charge is 0.166 e. The van der Waals surface area contributed by atoms with Gasteiger partial charge >= 0.3 is 0 Å². The maximum atomic E-state index is 12.7. The number of ether oxygens (including phenoxy) is 2. The summed E-state index contributed by atoms with van der Waals surface area (Å²) in [6.07, 6.45) is -0.289.